The Hall–Kier alpha value is -2.08. The van der Waals surface area contributed by atoms with Crippen LogP contribution in [0.25, 0.3) is 0 Å². The van der Waals surface area contributed by atoms with Gasteiger partial charge in [-0.2, -0.15) is 0 Å². The number of hydrogen-bond donors (Lipinski definition) is 3. The normalized spacial score (nSPS) is 18.3. The van der Waals surface area contributed by atoms with E-state index in [-0.39, 0.29) is 11.8 Å². The Morgan fingerprint density at radius 3 is 2.85 bits per heavy atom. The highest BCUT2D eigenvalue weighted by atomic mass is 16.1. The van der Waals surface area contributed by atoms with Gasteiger partial charge in [0.05, 0.1) is 5.92 Å². The van der Waals surface area contributed by atoms with Gasteiger partial charge in [-0.3, -0.25) is 14.7 Å². The van der Waals surface area contributed by atoms with Crippen LogP contribution in [0.3, 0.4) is 0 Å². The molecular formula is C21H35N5O. The van der Waals surface area contributed by atoms with Crippen molar-refractivity contribution >= 4 is 11.9 Å². The number of likely N-dealkylation sites (tertiary alicyclic amines) is 1. The Morgan fingerprint density at radius 2 is 2.11 bits per heavy atom. The highest BCUT2D eigenvalue weighted by molar-refractivity contribution is 5.79. The van der Waals surface area contributed by atoms with Gasteiger partial charge in [0.1, 0.15) is 0 Å². The van der Waals surface area contributed by atoms with Crippen LogP contribution in [0.5, 0.6) is 0 Å². The van der Waals surface area contributed by atoms with Crippen molar-refractivity contribution in [2.45, 2.75) is 52.1 Å². The Balaban J connectivity index is 1.83. The molecule has 0 saturated carbocycles. The zero-order chi connectivity index (χ0) is 19.5. The van der Waals surface area contributed by atoms with Gasteiger partial charge in [-0.15, -0.1) is 0 Å². The van der Waals surface area contributed by atoms with Crippen LogP contribution in [0.2, 0.25) is 0 Å². The molecule has 0 aromatic heterocycles. The smallest absolute Gasteiger partial charge is 0.221 e. The summed E-state index contributed by atoms with van der Waals surface area (Å²) >= 11 is 0. The largest absolute Gasteiger partial charge is 0.369 e. The van der Waals surface area contributed by atoms with Crippen LogP contribution in [0.15, 0.2) is 29.3 Å². The van der Waals surface area contributed by atoms with Crippen LogP contribution < -0.4 is 16.4 Å². The maximum Gasteiger partial charge on any atom is 0.221 e. The van der Waals surface area contributed by atoms with Gasteiger partial charge in [0.25, 0.3) is 0 Å². The van der Waals surface area contributed by atoms with Crippen LogP contribution in [-0.4, -0.2) is 43.4 Å². The molecule has 1 unspecified atom stereocenters. The standard InChI is InChI=1S/C21H35N5O/c1-3-4-5-11-24-21(23-2)25-14-17-8-6-9-18(13-17)15-26-12-7-10-19(16-26)20(22)27/h6,8-9,13,19H,3-5,7,10-12,14-16H2,1-2H3,(H2,22,27)(H2,23,24,25). The number of aliphatic imine (C=N–C) groups is 1. The van der Waals surface area contributed by atoms with Crippen molar-refractivity contribution in [1.29, 1.82) is 0 Å². The molecule has 1 aliphatic heterocycles. The molecule has 1 aliphatic rings. The van der Waals surface area contributed by atoms with E-state index in [0.717, 1.165) is 57.9 Å². The first-order valence-electron chi connectivity index (χ1n) is 10.2. The summed E-state index contributed by atoms with van der Waals surface area (Å²) in [5.41, 5.74) is 7.99. The number of unbranched alkanes of at least 4 members (excludes halogenated alkanes) is 2. The van der Waals surface area contributed by atoms with Crippen LogP contribution in [0.4, 0.5) is 0 Å². The molecule has 4 N–H and O–H groups in total. The van der Waals surface area contributed by atoms with Crippen molar-refractivity contribution in [2.24, 2.45) is 16.6 Å². The average Bonchev–Trinajstić information content (AvgIpc) is 2.68. The first-order valence-corrected chi connectivity index (χ1v) is 10.2. The molecule has 150 valence electrons. The van der Waals surface area contributed by atoms with E-state index in [0.29, 0.717) is 0 Å². The second-order valence-electron chi connectivity index (χ2n) is 7.36. The van der Waals surface area contributed by atoms with Gasteiger partial charge in [0.15, 0.2) is 5.96 Å². The minimum absolute atomic E-state index is 0.00861. The number of primary amides is 1. The van der Waals surface area contributed by atoms with Crippen molar-refractivity contribution in [3.8, 4) is 0 Å². The van der Waals surface area contributed by atoms with Crippen molar-refractivity contribution < 1.29 is 4.79 Å². The van der Waals surface area contributed by atoms with E-state index < -0.39 is 0 Å². The zero-order valence-corrected chi connectivity index (χ0v) is 16.8. The quantitative estimate of drug-likeness (QED) is 0.352. The number of carbonyl (C=O) groups excluding carboxylic acids is 1. The van der Waals surface area contributed by atoms with Gasteiger partial charge in [0.2, 0.25) is 5.91 Å². The highest BCUT2D eigenvalue weighted by Gasteiger charge is 2.23. The lowest BCUT2D eigenvalue weighted by Crippen LogP contribution is -2.40. The fourth-order valence-corrected chi connectivity index (χ4v) is 3.52. The molecule has 1 saturated heterocycles. The van der Waals surface area contributed by atoms with Gasteiger partial charge in [0, 0.05) is 33.2 Å². The molecule has 1 amide bonds. The minimum atomic E-state index is -0.171. The number of hydrogen-bond acceptors (Lipinski definition) is 3. The van der Waals surface area contributed by atoms with E-state index in [4.69, 9.17) is 5.73 Å². The molecule has 0 spiro atoms. The first kappa shape index (κ1) is 21.2. The van der Waals surface area contributed by atoms with Crippen LogP contribution >= 0.6 is 0 Å². The topological polar surface area (TPSA) is 82.8 Å². The van der Waals surface area contributed by atoms with E-state index in [1.807, 2.05) is 0 Å². The molecule has 27 heavy (non-hydrogen) atoms. The summed E-state index contributed by atoms with van der Waals surface area (Å²) in [6.45, 7) is 6.56. The zero-order valence-electron chi connectivity index (χ0n) is 16.8. The van der Waals surface area contributed by atoms with E-state index >= 15 is 0 Å². The van der Waals surface area contributed by atoms with E-state index in [9.17, 15) is 4.79 Å². The van der Waals surface area contributed by atoms with Crippen molar-refractivity contribution in [3.63, 3.8) is 0 Å². The lowest BCUT2D eigenvalue weighted by molar-refractivity contribution is -0.123. The van der Waals surface area contributed by atoms with E-state index in [1.165, 1.54) is 24.0 Å². The van der Waals surface area contributed by atoms with Gasteiger partial charge < -0.3 is 16.4 Å². The molecule has 1 heterocycles. The summed E-state index contributed by atoms with van der Waals surface area (Å²) in [7, 11) is 1.80. The van der Waals surface area contributed by atoms with Crippen LogP contribution in [0.1, 0.15) is 50.2 Å². The maximum atomic E-state index is 11.5. The number of amides is 1. The molecule has 6 nitrogen and oxygen atoms in total. The third-order valence-corrected chi connectivity index (χ3v) is 5.06. The average molecular weight is 374 g/mol. The van der Waals surface area contributed by atoms with E-state index in [1.54, 1.807) is 7.05 Å². The third-order valence-electron chi connectivity index (χ3n) is 5.06. The molecule has 1 fully saturated rings. The SMILES string of the molecule is CCCCCNC(=NC)NCc1cccc(CN2CCCC(C(N)=O)C2)c1. The predicted octanol–water partition coefficient (Wildman–Crippen LogP) is 2.24. The number of piperidine rings is 1. The highest BCUT2D eigenvalue weighted by Crippen LogP contribution is 2.18. The number of guanidine groups is 1. The number of rotatable bonds is 9. The molecule has 6 heteroatoms. The van der Waals surface area contributed by atoms with Gasteiger partial charge in [-0.1, -0.05) is 44.0 Å². The molecule has 0 radical (unpaired) electrons. The van der Waals surface area contributed by atoms with Crippen molar-refractivity contribution in [1.82, 2.24) is 15.5 Å². The van der Waals surface area contributed by atoms with Gasteiger partial charge in [-0.05, 0) is 36.9 Å². The number of carbonyl (C=O) groups is 1. The summed E-state index contributed by atoms with van der Waals surface area (Å²) in [6, 6.07) is 8.60. The summed E-state index contributed by atoms with van der Waals surface area (Å²) < 4.78 is 0. The van der Waals surface area contributed by atoms with Gasteiger partial charge >= 0.3 is 0 Å². The summed E-state index contributed by atoms with van der Waals surface area (Å²) in [6.07, 6.45) is 5.57. The lowest BCUT2D eigenvalue weighted by Gasteiger charge is -2.31. The first-order chi connectivity index (χ1) is 13.1. The second-order valence-corrected chi connectivity index (χ2v) is 7.36. The number of benzene rings is 1. The Bertz CT molecular complexity index is 616. The Labute approximate surface area is 163 Å². The molecule has 1 atom stereocenters. The molecule has 1 aromatic carbocycles. The van der Waals surface area contributed by atoms with Gasteiger partial charge in [-0.25, -0.2) is 0 Å². The molecule has 0 bridgehead atoms. The molecule has 1 aromatic rings. The second kappa shape index (κ2) is 11.6. The predicted molar refractivity (Wildman–Crippen MR) is 111 cm³/mol. The van der Waals surface area contributed by atoms with Crippen molar-refractivity contribution in [3.05, 3.63) is 35.4 Å². The lowest BCUT2D eigenvalue weighted by atomic mass is 9.97. The fraction of sp³-hybridized carbons (Fsp3) is 0.619. The monoisotopic (exact) mass is 373 g/mol. The van der Waals surface area contributed by atoms with Crippen LogP contribution in [0, 0.1) is 5.92 Å². The van der Waals surface area contributed by atoms with Crippen LogP contribution in [-0.2, 0) is 17.9 Å². The molecule has 0 aliphatic carbocycles. The Kier molecular flexibility index (Phi) is 9.11. The molecule has 2 rings (SSSR count). The Morgan fingerprint density at radius 1 is 1.30 bits per heavy atom. The summed E-state index contributed by atoms with van der Waals surface area (Å²) in [4.78, 5) is 18.1. The van der Waals surface area contributed by atoms with E-state index in [2.05, 4.69) is 51.7 Å². The number of nitrogens with zero attached hydrogens (tertiary/aromatic N) is 2. The maximum absolute atomic E-state index is 11.5. The number of nitrogens with two attached hydrogens (primary N) is 1. The minimum Gasteiger partial charge on any atom is -0.369 e. The molecular weight excluding hydrogens is 338 g/mol. The third kappa shape index (κ3) is 7.59. The number of nitrogens with one attached hydrogen (secondary N) is 2. The summed E-state index contributed by atoms with van der Waals surface area (Å²) in [5.74, 6) is 0.665. The summed E-state index contributed by atoms with van der Waals surface area (Å²) in [5, 5.41) is 6.74. The fourth-order valence-electron chi connectivity index (χ4n) is 3.52. The van der Waals surface area contributed by atoms with Crippen molar-refractivity contribution in [2.75, 3.05) is 26.7 Å².